The zero-order valence-electron chi connectivity index (χ0n) is 13.6. The van der Waals surface area contributed by atoms with E-state index in [0.717, 1.165) is 0 Å². The zero-order chi connectivity index (χ0) is 17.5. The number of nitrogens with one attached hydrogen (secondary N) is 2. The van der Waals surface area contributed by atoms with E-state index in [1.165, 1.54) is 0 Å². The Kier molecular flexibility index (Phi) is 10.5. The van der Waals surface area contributed by atoms with Crippen molar-refractivity contribution in [3.8, 4) is 0 Å². The smallest absolute Gasteiger partial charge is 0.380 e. The average molecular weight is 488 g/mol. The van der Waals surface area contributed by atoms with Crippen LogP contribution in [0, 0.1) is 0 Å². The van der Waals surface area contributed by atoms with Gasteiger partial charge in [0, 0.05) is 39.3 Å². The fourth-order valence-corrected chi connectivity index (χ4v) is 3.15. The molecule has 0 aromatic heterocycles. The zero-order valence-corrected chi connectivity index (χ0v) is 16.7. The molecule has 0 aliphatic carbocycles. The Balaban J connectivity index is 0.00000529. The van der Waals surface area contributed by atoms with Crippen molar-refractivity contribution >= 4 is 40.0 Å². The molecule has 1 heterocycles. The van der Waals surface area contributed by atoms with Crippen molar-refractivity contribution in [3.63, 3.8) is 0 Å². The second kappa shape index (κ2) is 10.6. The topological polar surface area (TPSA) is 83.0 Å². The molecule has 0 aromatic carbocycles. The summed E-state index contributed by atoms with van der Waals surface area (Å²) in [5, 5.41) is 6.09. The van der Waals surface area contributed by atoms with Crippen LogP contribution in [0.25, 0.3) is 0 Å². The third kappa shape index (κ3) is 6.88. The van der Waals surface area contributed by atoms with Gasteiger partial charge in [-0.05, 0) is 19.8 Å². The minimum absolute atomic E-state index is 0. The lowest BCUT2D eigenvalue weighted by Crippen LogP contribution is -2.51. The van der Waals surface area contributed by atoms with Gasteiger partial charge in [0.25, 0.3) is 0 Å². The van der Waals surface area contributed by atoms with Gasteiger partial charge in [0.1, 0.15) is 0 Å². The third-order valence-corrected chi connectivity index (χ3v) is 5.02. The molecule has 24 heavy (non-hydrogen) atoms. The molecule has 0 spiro atoms. The van der Waals surface area contributed by atoms with E-state index in [0.29, 0.717) is 30.0 Å². The van der Waals surface area contributed by atoms with Gasteiger partial charge in [-0.1, -0.05) is 0 Å². The molecule has 1 rings (SSSR count). The number of hydrogen-bond acceptors (Lipinski definition) is 4. The highest BCUT2D eigenvalue weighted by Gasteiger charge is 2.50. The van der Waals surface area contributed by atoms with Crippen molar-refractivity contribution in [2.75, 3.05) is 39.9 Å². The minimum Gasteiger partial charge on any atom is -0.380 e. The van der Waals surface area contributed by atoms with Gasteiger partial charge in [-0.2, -0.15) is 17.5 Å². The van der Waals surface area contributed by atoms with Crippen LogP contribution in [-0.2, 0) is 14.8 Å². The first-order valence-electron chi connectivity index (χ1n) is 7.33. The number of hydrogen-bond donors (Lipinski definition) is 2. The number of piperidine rings is 1. The van der Waals surface area contributed by atoms with Crippen molar-refractivity contribution in [1.29, 1.82) is 0 Å². The molecule has 0 unspecified atom stereocenters. The minimum atomic E-state index is -5.25. The van der Waals surface area contributed by atoms with Crippen molar-refractivity contribution in [2.45, 2.75) is 31.3 Å². The van der Waals surface area contributed by atoms with Crippen LogP contribution in [0.4, 0.5) is 13.2 Å². The third-order valence-electron chi connectivity index (χ3n) is 3.39. The fraction of sp³-hybridized carbons (Fsp3) is 0.917. The number of alkyl halides is 3. The lowest BCUT2D eigenvalue weighted by atomic mass is 10.1. The molecule has 0 aromatic rings. The summed E-state index contributed by atoms with van der Waals surface area (Å²) in [5.41, 5.74) is -5.25. The number of halogens is 4. The number of aliphatic imine (C=N–C) groups is 1. The quantitative estimate of drug-likeness (QED) is 0.254. The molecule has 7 nitrogen and oxygen atoms in total. The van der Waals surface area contributed by atoms with Crippen LogP contribution in [0.5, 0.6) is 0 Å². The standard InChI is InChI=1S/C12H23F3N4O3S.HI/c1-3-22-9-6-17-11(16-2)18-10-4-7-19(8-5-10)23(20,21)12(13,14)15;/h10H,3-9H2,1-2H3,(H2,16,17,18);1H. The Morgan fingerprint density at radius 3 is 2.38 bits per heavy atom. The van der Waals surface area contributed by atoms with E-state index in [1.54, 1.807) is 7.05 Å². The van der Waals surface area contributed by atoms with E-state index in [9.17, 15) is 21.6 Å². The molecule has 1 fully saturated rings. The number of ether oxygens (including phenoxy) is 1. The van der Waals surface area contributed by atoms with Gasteiger partial charge in [-0.3, -0.25) is 4.99 Å². The first-order chi connectivity index (χ1) is 10.7. The predicted octanol–water partition coefficient (Wildman–Crippen LogP) is 1.12. The second-order valence-electron chi connectivity index (χ2n) is 4.96. The largest absolute Gasteiger partial charge is 0.511 e. The van der Waals surface area contributed by atoms with Crippen molar-refractivity contribution < 1.29 is 26.3 Å². The molecule has 0 saturated carbocycles. The first-order valence-corrected chi connectivity index (χ1v) is 8.77. The summed E-state index contributed by atoms with van der Waals surface area (Å²) in [4.78, 5) is 4.01. The molecule has 1 aliphatic heterocycles. The Bertz CT molecular complexity index is 494. The summed E-state index contributed by atoms with van der Waals surface area (Å²) in [7, 11) is -3.65. The molecule has 12 heteroatoms. The van der Waals surface area contributed by atoms with Crippen LogP contribution in [0.3, 0.4) is 0 Å². The predicted molar refractivity (Wildman–Crippen MR) is 96.0 cm³/mol. The molecule has 2 N–H and O–H groups in total. The monoisotopic (exact) mass is 488 g/mol. The molecule has 0 amide bonds. The van der Waals surface area contributed by atoms with Crippen molar-refractivity contribution in [3.05, 3.63) is 0 Å². The highest BCUT2D eigenvalue weighted by atomic mass is 127. The van der Waals surface area contributed by atoms with Crippen LogP contribution in [-0.4, -0.2) is 70.1 Å². The van der Waals surface area contributed by atoms with E-state index < -0.39 is 15.5 Å². The van der Waals surface area contributed by atoms with E-state index >= 15 is 0 Å². The molecular formula is C12H24F3IN4O3S. The number of guanidine groups is 1. The van der Waals surface area contributed by atoms with Crippen molar-refractivity contribution in [2.24, 2.45) is 4.99 Å². The van der Waals surface area contributed by atoms with Gasteiger partial charge in [-0.25, -0.2) is 8.42 Å². The normalized spacial score (nSPS) is 18.1. The first kappa shape index (κ1) is 23.7. The molecule has 1 saturated heterocycles. The van der Waals surface area contributed by atoms with Gasteiger partial charge >= 0.3 is 15.5 Å². The maximum atomic E-state index is 12.5. The fourth-order valence-electron chi connectivity index (χ4n) is 2.16. The number of sulfonamides is 1. The Morgan fingerprint density at radius 2 is 1.92 bits per heavy atom. The summed E-state index contributed by atoms with van der Waals surface area (Å²) < 4.78 is 65.8. The Hall–Kier alpha value is -0.340. The summed E-state index contributed by atoms with van der Waals surface area (Å²) in [6.07, 6.45) is 0.558. The van der Waals surface area contributed by atoms with E-state index in [2.05, 4.69) is 15.6 Å². The van der Waals surface area contributed by atoms with Crippen LogP contribution < -0.4 is 10.6 Å². The van der Waals surface area contributed by atoms with Gasteiger partial charge in [0.15, 0.2) is 5.96 Å². The maximum Gasteiger partial charge on any atom is 0.511 e. The highest BCUT2D eigenvalue weighted by Crippen LogP contribution is 2.28. The summed E-state index contributed by atoms with van der Waals surface area (Å²) in [6.45, 7) is 3.22. The number of nitrogens with zero attached hydrogens (tertiary/aromatic N) is 2. The van der Waals surface area contributed by atoms with Gasteiger partial charge in [0.2, 0.25) is 0 Å². The second-order valence-corrected chi connectivity index (χ2v) is 6.89. The SMILES string of the molecule is CCOCCNC(=NC)NC1CCN(S(=O)(=O)C(F)(F)F)CC1.I. The highest BCUT2D eigenvalue weighted by molar-refractivity contribution is 14.0. The summed E-state index contributed by atoms with van der Waals surface area (Å²) in [6, 6.07) is -0.132. The van der Waals surface area contributed by atoms with Crippen LogP contribution >= 0.6 is 24.0 Å². The van der Waals surface area contributed by atoms with Crippen LogP contribution in [0.1, 0.15) is 19.8 Å². The lowest BCUT2D eigenvalue weighted by molar-refractivity contribution is -0.0494. The van der Waals surface area contributed by atoms with Crippen molar-refractivity contribution in [1.82, 2.24) is 14.9 Å². The van der Waals surface area contributed by atoms with E-state index in [4.69, 9.17) is 4.74 Å². The van der Waals surface area contributed by atoms with Crippen LogP contribution in [0.15, 0.2) is 4.99 Å². The Morgan fingerprint density at radius 1 is 1.33 bits per heavy atom. The molecule has 0 radical (unpaired) electrons. The number of rotatable bonds is 6. The van der Waals surface area contributed by atoms with E-state index in [1.807, 2.05) is 6.92 Å². The molecule has 0 bridgehead atoms. The average Bonchev–Trinajstić information content (AvgIpc) is 2.49. The molecule has 0 atom stereocenters. The molecular weight excluding hydrogens is 464 g/mol. The van der Waals surface area contributed by atoms with Gasteiger partial charge < -0.3 is 15.4 Å². The lowest BCUT2D eigenvalue weighted by Gasteiger charge is -2.32. The molecule has 1 aliphatic rings. The van der Waals surface area contributed by atoms with Gasteiger partial charge in [0.05, 0.1) is 6.61 Å². The summed E-state index contributed by atoms with van der Waals surface area (Å²) >= 11 is 0. The summed E-state index contributed by atoms with van der Waals surface area (Å²) in [5.74, 6) is 0.516. The molecule has 144 valence electrons. The van der Waals surface area contributed by atoms with E-state index in [-0.39, 0.29) is 55.9 Å². The van der Waals surface area contributed by atoms with Gasteiger partial charge in [-0.15, -0.1) is 24.0 Å². The Labute approximate surface area is 157 Å². The maximum absolute atomic E-state index is 12.5. The van der Waals surface area contributed by atoms with Crippen LogP contribution in [0.2, 0.25) is 0 Å².